The topological polar surface area (TPSA) is 82.8 Å². The standard InChI is InChI=1S/C23H30N6O2S/c1-4-5-18-14-20(30)29-22(25-18)32-23(26-29)28-12-10-17(11-13-28)21(31)24-15-16-6-8-19(9-7-16)27(2)3/h6-9,14,17H,4-5,10-13,15H2,1-3H3,(H,24,31). The van der Waals surface area contributed by atoms with Crippen molar-refractivity contribution in [2.75, 3.05) is 37.0 Å². The number of carbonyl (C=O) groups excluding carboxylic acids is 1. The minimum absolute atomic E-state index is 0.00122. The molecule has 1 fully saturated rings. The highest BCUT2D eigenvalue weighted by molar-refractivity contribution is 7.20. The van der Waals surface area contributed by atoms with Crippen LogP contribution in [0.2, 0.25) is 0 Å². The summed E-state index contributed by atoms with van der Waals surface area (Å²) in [6, 6.07) is 9.79. The van der Waals surface area contributed by atoms with Crippen LogP contribution in [-0.2, 0) is 17.8 Å². The summed E-state index contributed by atoms with van der Waals surface area (Å²) in [5, 5.41) is 8.36. The van der Waals surface area contributed by atoms with Gasteiger partial charge in [-0.3, -0.25) is 9.59 Å². The Hall–Kier alpha value is -2.94. The highest BCUT2D eigenvalue weighted by Crippen LogP contribution is 2.27. The number of aryl methyl sites for hydroxylation is 1. The largest absolute Gasteiger partial charge is 0.378 e. The summed E-state index contributed by atoms with van der Waals surface area (Å²) in [6.07, 6.45) is 3.28. The summed E-state index contributed by atoms with van der Waals surface area (Å²) in [6.45, 7) is 4.10. The molecule has 0 atom stereocenters. The van der Waals surface area contributed by atoms with Crippen LogP contribution in [0.4, 0.5) is 10.8 Å². The SMILES string of the molecule is CCCc1cc(=O)n2nc(N3CCC(C(=O)NCc4ccc(N(C)C)cc4)CC3)sc2n1. The fraction of sp³-hybridized carbons (Fsp3) is 0.478. The quantitative estimate of drug-likeness (QED) is 0.591. The normalized spacial score (nSPS) is 14.7. The van der Waals surface area contributed by atoms with E-state index in [0.717, 1.165) is 60.8 Å². The Morgan fingerprint density at radius 1 is 1.22 bits per heavy atom. The van der Waals surface area contributed by atoms with E-state index in [0.29, 0.717) is 11.5 Å². The van der Waals surface area contributed by atoms with Gasteiger partial charge in [-0.1, -0.05) is 36.8 Å². The zero-order valence-electron chi connectivity index (χ0n) is 18.9. The Balaban J connectivity index is 1.33. The van der Waals surface area contributed by atoms with Gasteiger partial charge in [-0.15, -0.1) is 5.10 Å². The Bertz CT molecular complexity index is 1130. The van der Waals surface area contributed by atoms with E-state index in [1.165, 1.54) is 15.9 Å². The summed E-state index contributed by atoms with van der Waals surface area (Å²) < 4.78 is 1.39. The molecule has 1 aliphatic rings. The molecule has 1 saturated heterocycles. The summed E-state index contributed by atoms with van der Waals surface area (Å²) in [5.74, 6) is 0.103. The van der Waals surface area contributed by atoms with Crippen molar-refractivity contribution in [2.45, 2.75) is 39.2 Å². The third-order valence-electron chi connectivity index (χ3n) is 5.85. The molecule has 3 heterocycles. The molecule has 0 spiro atoms. The van der Waals surface area contributed by atoms with Crippen molar-refractivity contribution in [3.8, 4) is 0 Å². The lowest BCUT2D eigenvalue weighted by atomic mass is 9.96. The maximum absolute atomic E-state index is 12.7. The van der Waals surface area contributed by atoms with Crippen LogP contribution in [0.1, 0.15) is 37.4 Å². The summed E-state index contributed by atoms with van der Waals surface area (Å²) in [4.78, 5) is 34.4. The molecule has 0 saturated carbocycles. The van der Waals surface area contributed by atoms with Crippen LogP contribution in [0, 0.1) is 5.92 Å². The zero-order chi connectivity index (χ0) is 22.7. The first-order valence-corrected chi connectivity index (χ1v) is 11.9. The number of rotatable bonds is 7. The molecule has 1 aliphatic heterocycles. The van der Waals surface area contributed by atoms with Gasteiger partial charge in [0.2, 0.25) is 16.0 Å². The molecule has 0 aliphatic carbocycles. The van der Waals surface area contributed by atoms with E-state index >= 15 is 0 Å². The number of benzene rings is 1. The molecule has 1 amide bonds. The molecule has 8 nitrogen and oxygen atoms in total. The van der Waals surface area contributed by atoms with E-state index in [1.54, 1.807) is 6.07 Å². The number of hydrogen-bond donors (Lipinski definition) is 1. The molecule has 3 aromatic rings. The van der Waals surface area contributed by atoms with E-state index in [4.69, 9.17) is 0 Å². The number of aromatic nitrogens is 3. The molecule has 0 bridgehead atoms. The number of fused-ring (bicyclic) bond motifs is 1. The number of nitrogens with one attached hydrogen (secondary N) is 1. The number of amides is 1. The molecule has 170 valence electrons. The fourth-order valence-corrected chi connectivity index (χ4v) is 4.91. The van der Waals surface area contributed by atoms with Crippen LogP contribution in [0.5, 0.6) is 0 Å². The second-order valence-electron chi connectivity index (χ2n) is 8.45. The van der Waals surface area contributed by atoms with Gasteiger partial charge in [0.25, 0.3) is 5.56 Å². The number of nitrogens with zero attached hydrogens (tertiary/aromatic N) is 5. The Morgan fingerprint density at radius 2 is 1.94 bits per heavy atom. The molecule has 9 heteroatoms. The molecule has 2 aromatic heterocycles. The van der Waals surface area contributed by atoms with Gasteiger partial charge in [0.05, 0.1) is 0 Å². The third-order valence-corrected chi connectivity index (χ3v) is 6.82. The van der Waals surface area contributed by atoms with Crippen LogP contribution in [0.3, 0.4) is 0 Å². The molecule has 0 radical (unpaired) electrons. The second-order valence-corrected chi connectivity index (χ2v) is 9.39. The summed E-state index contributed by atoms with van der Waals surface area (Å²) in [7, 11) is 4.02. The van der Waals surface area contributed by atoms with Gasteiger partial charge < -0.3 is 15.1 Å². The number of piperidine rings is 1. The van der Waals surface area contributed by atoms with E-state index in [9.17, 15) is 9.59 Å². The molecular formula is C23H30N6O2S. The lowest BCUT2D eigenvalue weighted by Gasteiger charge is -2.30. The van der Waals surface area contributed by atoms with Crippen LogP contribution in [0.25, 0.3) is 4.96 Å². The first kappa shape index (κ1) is 22.3. The van der Waals surface area contributed by atoms with E-state index in [-0.39, 0.29) is 17.4 Å². The Labute approximate surface area is 191 Å². The van der Waals surface area contributed by atoms with Crippen LogP contribution < -0.4 is 20.7 Å². The van der Waals surface area contributed by atoms with Crippen LogP contribution in [0.15, 0.2) is 35.1 Å². The van der Waals surface area contributed by atoms with E-state index in [1.807, 2.05) is 26.2 Å². The lowest BCUT2D eigenvalue weighted by molar-refractivity contribution is -0.125. The average molecular weight is 455 g/mol. The van der Waals surface area contributed by atoms with Gasteiger partial charge in [0.1, 0.15) is 0 Å². The number of anilines is 2. The zero-order valence-corrected chi connectivity index (χ0v) is 19.7. The minimum atomic E-state index is -0.131. The molecule has 1 N–H and O–H groups in total. The van der Waals surface area contributed by atoms with Crippen molar-refractivity contribution in [1.82, 2.24) is 19.9 Å². The second kappa shape index (κ2) is 9.68. The van der Waals surface area contributed by atoms with Crippen molar-refractivity contribution in [3.63, 3.8) is 0 Å². The highest BCUT2D eigenvalue weighted by Gasteiger charge is 2.26. The van der Waals surface area contributed by atoms with Crippen molar-refractivity contribution in [2.24, 2.45) is 5.92 Å². The van der Waals surface area contributed by atoms with Gasteiger partial charge in [0.15, 0.2) is 0 Å². The van der Waals surface area contributed by atoms with Gasteiger partial charge in [-0.2, -0.15) is 4.52 Å². The predicted molar refractivity (Wildman–Crippen MR) is 129 cm³/mol. The summed E-state index contributed by atoms with van der Waals surface area (Å²) in [5.41, 5.74) is 2.92. The van der Waals surface area contributed by atoms with Gasteiger partial charge in [-0.05, 0) is 37.0 Å². The van der Waals surface area contributed by atoms with E-state index in [2.05, 4.69) is 44.3 Å². The molecule has 1 aromatic carbocycles. The molecular weight excluding hydrogens is 424 g/mol. The van der Waals surface area contributed by atoms with Gasteiger partial charge in [-0.25, -0.2) is 4.98 Å². The fourth-order valence-electron chi connectivity index (χ4n) is 3.94. The first-order chi connectivity index (χ1) is 15.4. The first-order valence-electron chi connectivity index (χ1n) is 11.1. The number of hydrogen-bond acceptors (Lipinski definition) is 7. The van der Waals surface area contributed by atoms with Crippen molar-refractivity contribution >= 4 is 33.0 Å². The monoisotopic (exact) mass is 454 g/mol. The average Bonchev–Trinajstić information content (AvgIpc) is 3.23. The van der Waals surface area contributed by atoms with Crippen molar-refractivity contribution < 1.29 is 4.79 Å². The van der Waals surface area contributed by atoms with Crippen LogP contribution in [-0.4, -0.2) is 47.7 Å². The van der Waals surface area contributed by atoms with Gasteiger partial charge in [0, 0.05) is 57.1 Å². The third kappa shape index (κ3) is 4.93. The molecule has 32 heavy (non-hydrogen) atoms. The Morgan fingerprint density at radius 3 is 2.59 bits per heavy atom. The van der Waals surface area contributed by atoms with Gasteiger partial charge >= 0.3 is 0 Å². The smallest absolute Gasteiger partial charge is 0.275 e. The minimum Gasteiger partial charge on any atom is -0.378 e. The predicted octanol–water partition coefficient (Wildman–Crippen LogP) is 2.70. The Kier molecular flexibility index (Phi) is 6.74. The number of carbonyl (C=O) groups is 1. The van der Waals surface area contributed by atoms with E-state index < -0.39 is 0 Å². The lowest BCUT2D eigenvalue weighted by Crippen LogP contribution is -2.40. The summed E-state index contributed by atoms with van der Waals surface area (Å²) >= 11 is 1.44. The molecule has 4 rings (SSSR count). The molecule has 0 unspecified atom stereocenters. The van der Waals surface area contributed by atoms with Crippen molar-refractivity contribution in [3.05, 3.63) is 51.9 Å². The van der Waals surface area contributed by atoms with Crippen LogP contribution >= 0.6 is 11.3 Å². The van der Waals surface area contributed by atoms with Crippen molar-refractivity contribution in [1.29, 1.82) is 0 Å². The highest BCUT2D eigenvalue weighted by atomic mass is 32.1. The maximum atomic E-state index is 12.7. The maximum Gasteiger partial charge on any atom is 0.275 e.